The molecule has 0 aliphatic heterocycles. The lowest BCUT2D eigenvalue weighted by Crippen LogP contribution is -2.25. The standard InChI is InChI=1S/C18H30N2O/c1-5-8-11-15(6-2)18(21)20-17-13-10-9-12-16(17)14(4)19-7-3/h9-10,12-15,19H,5-8,11H2,1-4H3,(H,20,21). The molecule has 0 spiro atoms. The first-order valence-corrected chi connectivity index (χ1v) is 8.27. The zero-order valence-corrected chi connectivity index (χ0v) is 13.9. The average molecular weight is 290 g/mol. The summed E-state index contributed by atoms with van der Waals surface area (Å²) in [6.07, 6.45) is 4.12. The smallest absolute Gasteiger partial charge is 0.227 e. The number of benzene rings is 1. The van der Waals surface area contributed by atoms with E-state index in [1.165, 1.54) is 0 Å². The van der Waals surface area contributed by atoms with E-state index in [2.05, 4.69) is 44.4 Å². The highest BCUT2D eigenvalue weighted by atomic mass is 16.1. The van der Waals surface area contributed by atoms with E-state index in [9.17, 15) is 4.79 Å². The van der Waals surface area contributed by atoms with Crippen LogP contribution in [0.2, 0.25) is 0 Å². The Morgan fingerprint density at radius 1 is 1.19 bits per heavy atom. The fourth-order valence-electron chi connectivity index (χ4n) is 2.61. The molecular weight excluding hydrogens is 260 g/mol. The molecule has 0 saturated carbocycles. The Labute approximate surface area is 129 Å². The molecular formula is C18H30N2O. The van der Waals surface area contributed by atoms with Gasteiger partial charge in [0, 0.05) is 17.6 Å². The number of unbranched alkanes of at least 4 members (excludes halogenated alkanes) is 1. The summed E-state index contributed by atoms with van der Waals surface area (Å²) in [7, 11) is 0. The number of para-hydroxylation sites is 1. The molecule has 0 aliphatic carbocycles. The third kappa shape index (κ3) is 5.50. The maximum Gasteiger partial charge on any atom is 0.227 e. The van der Waals surface area contributed by atoms with Gasteiger partial charge < -0.3 is 10.6 Å². The lowest BCUT2D eigenvalue weighted by molar-refractivity contribution is -0.120. The third-order valence-corrected chi connectivity index (χ3v) is 3.97. The summed E-state index contributed by atoms with van der Waals surface area (Å²) in [5, 5.41) is 6.53. The van der Waals surface area contributed by atoms with Crippen molar-refractivity contribution in [2.45, 2.75) is 59.4 Å². The Hall–Kier alpha value is -1.35. The minimum absolute atomic E-state index is 0.118. The van der Waals surface area contributed by atoms with Gasteiger partial charge in [0.1, 0.15) is 0 Å². The number of hydrogen-bond donors (Lipinski definition) is 2. The Morgan fingerprint density at radius 2 is 1.90 bits per heavy atom. The fourth-order valence-corrected chi connectivity index (χ4v) is 2.61. The van der Waals surface area contributed by atoms with E-state index >= 15 is 0 Å². The molecule has 0 saturated heterocycles. The Morgan fingerprint density at radius 3 is 2.52 bits per heavy atom. The number of carbonyl (C=O) groups excluding carboxylic acids is 1. The molecule has 21 heavy (non-hydrogen) atoms. The number of amides is 1. The van der Waals surface area contributed by atoms with Gasteiger partial charge in [-0.1, -0.05) is 51.8 Å². The lowest BCUT2D eigenvalue weighted by atomic mass is 9.97. The zero-order chi connectivity index (χ0) is 15.7. The van der Waals surface area contributed by atoms with Crippen LogP contribution in [0.5, 0.6) is 0 Å². The third-order valence-electron chi connectivity index (χ3n) is 3.97. The monoisotopic (exact) mass is 290 g/mol. The SMILES string of the molecule is CCCCC(CC)C(=O)Nc1ccccc1C(C)NCC. The van der Waals surface area contributed by atoms with Crippen molar-refractivity contribution in [3.8, 4) is 0 Å². The molecule has 3 nitrogen and oxygen atoms in total. The van der Waals surface area contributed by atoms with Crippen LogP contribution in [0.15, 0.2) is 24.3 Å². The quantitative estimate of drug-likeness (QED) is 0.702. The van der Waals surface area contributed by atoms with Crippen molar-refractivity contribution < 1.29 is 4.79 Å². The Bertz CT molecular complexity index is 431. The second kappa shape index (κ2) is 9.56. The number of anilines is 1. The van der Waals surface area contributed by atoms with Crippen LogP contribution in [0.25, 0.3) is 0 Å². The molecule has 3 heteroatoms. The van der Waals surface area contributed by atoms with Crippen molar-refractivity contribution in [1.82, 2.24) is 5.32 Å². The normalized spacial score (nSPS) is 13.7. The second-order valence-corrected chi connectivity index (χ2v) is 5.60. The lowest BCUT2D eigenvalue weighted by Gasteiger charge is -2.20. The largest absolute Gasteiger partial charge is 0.326 e. The number of rotatable bonds is 9. The molecule has 0 heterocycles. The predicted molar refractivity (Wildman–Crippen MR) is 90.5 cm³/mol. The maximum absolute atomic E-state index is 12.5. The number of carbonyl (C=O) groups is 1. The molecule has 2 N–H and O–H groups in total. The molecule has 1 aromatic carbocycles. The van der Waals surface area contributed by atoms with Crippen molar-refractivity contribution in [3.63, 3.8) is 0 Å². The summed E-state index contributed by atoms with van der Waals surface area (Å²) in [6, 6.07) is 8.31. The van der Waals surface area contributed by atoms with E-state index in [1.807, 2.05) is 18.2 Å². The highest BCUT2D eigenvalue weighted by Crippen LogP contribution is 2.24. The molecule has 1 aromatic rings. The van der Waals surface area contributed by atoms with Crippen LogP contribution in [-0.2, 0) is 4.79 Å². The number of hydrogen-bond acceptors (Lipinski definition) is 2. The summed E-state index contributed by atoms with van der Waals surface area (Å²) in [6.45, 7) is 9.39. The van der Waals surface area contributed by atoms with Crippen LogP contribution in [0.3, 0.4) is 0 Å². The van der Waals surface area contributed by atoms with Crippen LogP contribution in [0.1, 0.15) is 65.0 Å². The van der Waals surface area contributed by atoms with Gasteiger partial charge in [0.25, 0.3) is 0 Å². The molecule has 2 unspecified atom stereocenters. The van der Waals surface area contributed by atoms with Gasteiger partial charge >= 0.3 is 0 Å². The van der Waals surface area contributed by atoms with Gasteiger partial charge in [-0.05, 0) is 37.9 Å². The van der Waals surface area contributed by atoms with E-state index in [-0.39, 0.29) is 17.9 Å². The molecule has 0 bridgehead atoms. The van der Waals surface area contributed by atoms with Crippen LogP contribution in [0, 0.1) is 5.92 Å². The predicted octanol–water partition coefficient (Wildman–Crippen LogP) is 4.51. The maximum atomic E-state index is 12.5. The van der Waals surface area contributed by atoms with E-state index in [0.29, 0.717) is 0 Å². The molecule has 0 radical (unpaired) electrons. The van der Waals surface area contributed by atoms with E-state index in [4.69, 9.17) is 0 Å². The topological polar surface area (TPSA) is 41.1 Å². The summed E-state index contributed by atoms with van der Waals surface area (Å²) < 4.78 is 0. The minimum Gasteiger partial charge on any atom is -0.326 e. The van der Waals surface area contributed by atoms with E-state index in [0.717, 1.165) is 43.5 Å². The fraction of sp³-hybridized carbons (Fsp3) is 0.611. The van der Waals surface area contributed by atoms with Gasteiger partial charge in [-0.3, -0.25) is 4.79 Å². The molecule has 0 aliphatic rings. The Kier molecular flexibility index (Phi) is 8.06. The van der Waals surface area contributed by atoms with Crippen LogP contribution >= 0.6 is 0 Å². The van der Waals surface area contributed by atoms with Gasteiger partial charge in [0.2, 0.25) is 5.91 Å². The van der Waals surface area contributed by atoms with Crippen LogP contribution in [0.4, 0.5) is 5.69 Å². The van der Waals surface area contributed by atoms with Gasteiger partial charge in [0.05, 0.1) is 0 Å². The van der Waals surface area contributed by atoms with Gasteiger partial charge in [-0.15, -0.1) is 0 Å². The Balaban J connectivity index is 2.79. The highest BCUT2D eigenvalue weighted by molar-refractivity contribution is 5.93. The summed E-state index contributed by atoms with van der Waals surface area (Å²) in [5.41, 5.74) is 2.09. The molecule has 0 aromatic heterocycles. The van der Waals surface area contributed by atoms with Gasteiger partial charge in [-0.25, -0.2) is 0 Å². The summed E-state index contributed by atoms with van der Waals surface area (Å²) in [5.74, 6) is 0.273. The van der Waals surface area contributed by atoms with Crippen molar-refractivity contribution in [2.75, 3.05) is 11.9 Å². The first-order valence-electron chi connectivity index (χ1n) is 8.27. The van der Waals surface area contributed by atoms with Gasteiger partial charge in [0.15, 0.2) is 0 Å². The molecule has 0 fully saturated rings. The zero-order valence-electron chi connectivity index (χ0n) is 13.9. The van der Waals surface area contributed by atoms with E-state index in [1.54, 1.807) is 0 Å². The average Bonchev–Trinajstić information content (AvgIpc) is 2.48. The van der Waals surface area contributed by atoms with Crippen molar-refractivity contribution in [2.24, 2.45) is 5.92 Å². The second-order valence-electron chi connectivity index (χ2n) is 5.60. The van der Waals surface area contributed by atoms with Crippen molar-refractivity contribution >= 4 is 11.6 Å². The number of nitrogens with one attached hydrogen (secondary N) is 2. The van der Waals surface area contributed by atoms with Crippen molar-refractivity contribution in [3.05, 3.63) is 29.8 Å². The first-order chi connectivity index (χ1) is 10.1. The first kappa shape index (κ1) is 17.7. The van der Waals surface area contributed by atoms with Gasteiger partial charge in [-0.2, -0.15) is 0 Å². The summed E-state index contributed by atoms with van der Waals surface area (Å²) >= 11 is 0. The minimum atomic E-state index is 0.118. The molecule has 1 rings (SSSR count). The van der Waals surface area contributed by atoms with Crippen LogP contribution < -0.4 is 10.6 Å². The summed E-state index contributed by atoms with van der Waals surface area (Å²) in [4.78, 5) is 12.5. The molecule has 118 valence electrons. The van der Waals surface area contributed by atoms with Crippen LogP contribution in [-0.4, -0.2) is 12.5 Å². The highest BCUT2D eigenvalue weighted by Gasteiger charge is 2.18. The van der Waals surface area contributed by atoms with Crippen molar-refractivity contribution in [1.29, 1.82) is 0 Å². The molecule has 2 atom stereocenters. The van der Waals surface area contributed by atoms with E-state index < -0.39 is 0 Å². The molecule has 1 amide bonds.